The van der Waals surface area contributed by atoms with Gasteiger partial charge in [0.2, 0.25) is 0 Å². The number of hydrogen-bond donors (Lipinski definition) is 1. The Morgan fingerprint density at radius 3 is 2.39 bits per heavy atom. The number of halogens is 2. The standard InChI is InChI=1S/C21H21ClFNO3S/c1-25-20-8-14(27-11-16-17(22)4-3-5-18(16)23)9-21(26-2)15(20)10-19(24)13-6-7-28-12-13/h3-9,12,19H,10-11,24H2,1-2H3/t19-/m0/s1. The number of nitrogens with two attached hydrogens (primary N) is 1. The van der Waals surface area contributed by atoms with Crippen LogP contribution >= 0.6 is 22.9 Å². The molecular weight excluding hydrogens is 401 g/mol. The number of hydrogen-bond acceptors (Lipinski definition) is 5. The Bertz CT molecular complexity index is 888. The van der Waals surface area contributed by atoms with Crippen molar-refractivity contribution in [3.63, 3.8) is 0 Å². The van der Waals surface area contributed by atoms with Gasteiger partial charge in [0.15, 0.2) is 0 Å². The van der Waals surface area contributed by atoms with Crippen LogP contribution in [-0.4, -0.2) is 14.2 Å². The number of rotatable bonds is 8. The second-order valence-corrected chi connectivity index (χ2v) is 7.35. The maximum atomic E-state index is 14.0. The summed E-state index contributed by atoms with van der Waals surface area (Å²) in [6, 6.07) is 9.83. The lowest BCUT2D eigenvalue weighted by Gasteiger charge is -2.18. The molecule has 4 nitrogen and oxygen atoms in total. The Kier molecular flexibility index (Phi) is 6.78. The summed E-state index contributed by atoms with van der Waals surface area (Å²) in [5, 5.41) is 4.34. The summed E-state index contributed by atoms with van der Waals surface area (Å²) in [5.41, 5.74) is 8.54. The third-order valence-corrected chi connectivity index (χ3v) is 5.48. The third kappa shape index (κ3) is 4.58. The van der Waals surface area contributed by atoms with E-state index in [4.69, 9.17) is 31.5 Å². The molecule has 3 aromatic rings. The van der Waals surface area contributed by atoms with Crippen molar-refractivity contribution < 1.29 is 18.6 Å². The monoisotopic (exact) mass is 421 g/mol. The molecule has 28 heavy (non-hydrogen) atoms. The van der Waals surface area contributed by atoms with Gasteiger partial charge in [-0.1, -0.05) is 17.7 Å². The van der Waals surface area contributed by atoms with E-state index in [1.54, 1.807) is 49.8 Å². The number of methoxy groups -OCH3 is 2. The van der Waals surface area contributed by atoms with Gasteiger partial charge >= 0.3 is 0 Å². The summed E-state index contributed by atoms with van der Waals surface area (Å²) in [7, 11) is 3.15. The maximum absolute atomic E-state index is 14.0. The highest BCUT2D eigenvalue weighted by molar-refractivity contribution is 7.07. The molecule has 0 unspecified atom stereocenters. The summed E-state index contributed by atoms with van der Waals surface area (Å²) < 4.78 is 30.8. The zero-order valence-electron chi connectivity index (χ0n) is 15.6. The van der Waals surface area contributed by atoms with Crippen LogP contribution in [-0.2, 0) is 13.0 Å². The largest absolute Gasteiger partial charge is 0.496 e. The number of benzene rings is 2. The van der Waals surface area contributed by atoms with Crippen molar-refractivity contribution in [1.82, 2.24) is 0 Å². The Morgan fingerprint density at radius 2 is 1.82 bits per heavy atom. The van der Waals surface area contributed by atoms with Gasteiger partial charge in [-0.25, -0.2) is 4.39 Å². The molecule has 1 atom stereocenters. The Hall–Kier alpha value is -2.28. The van der Waals surface area contributed by atoms with E-state index >= 15 is 0 Å². The summed E-state index contributed by atoms with van der Waals surface area (Å²) in [5.74, 6) is 1.27. The minimum absolute atomic E-state index is 0.00835. The van der Waals surface area contributed by atoms with E-state index in [0.29, 0.717) is 34.3 Å². The predicted octanol–water partition coefficient (Wildman–Crippen LogP) is 5.38. The highest BCUT2D eigenvalue weighted by Crippen LogP contribution is 2.37. The van der Waals surface area contributed by atoms with Gasteiger partial charge in [-0.05, 0) is 40.9 Å². The summed E-state index contributed by atoms with van der Waals surface area (Å²) in [6.07, 6.45) is 0.544. The van der Waals surface area contributed by atoms with Gasteiger partial charge < -0.3 is 19.9 Å². The Morgan fingerprint density at radius 1 is 1.11 bits per heavy atom. The molecule has 2 N–H and O–H groups in total. The van der Waals surface area contributed by atoms with Gasteiger partial charge in [-0.15, -0.1) is 0 Å². The van der Waals surface area contributed by atoms with Crippen molar-refractivity contribution in [1.29, 1.82) is 0 Å². The van der Waals surface area contributed by atoms with E-state index in [2.05, 4.69) is 0 Å². The van der Waals surface area contributed by atoms with E-state index in [1.807, 2.05) is 16.8 Å². The molecule has 7 heteroatoms. The van der Waals surface area contributed by atoms with Crippen LogP contribution in [0.4, 0.5) is 4.39 Å². The molecule has 0 saturated heterocycles. The van der Waals surface area contributed by atoms with Gasteiger partial charge in [-0.2, -0.15) is 11.3 Å². The van der Waals surface area contributed by atoms with Crippen molar-refractivity contribution in [2.45, 2.75) is 19.1 Å². The third-order valence-electron chi connectivity index (χ3n) is 4.42. The minimum Gasteiger partial charge on any atom is -0.496 e. The minimum atomic E-state index is -0.412. The SMILES string of the molecule is COc1cc(OCc2c(F)cccc2Cl)cc(OC)c1C[C@H](N)c1ccsc1. The Labute approximate surface area is 172 Å². The van der Waals surface area contributed by atoms with Crippen molar-refractivity contribution in [3.05, 3.63) is 74.7 Å². The van der Waals surface area contributed by atoms with Crippen molar-refractivity contribution >= 4 is 22.9 Å². The smallest absolute Gasteiger partial charge is 0.131 e. The van der Waals surface area contributed by atoms with Crippen LogP contribution in [0.25, 0.3) is 0 Å². The molecule has 0 aliphatic carbocycles. The molecule has 0 amide bonds. The predicted molar refractivity (Wildman–Crippen MR) is 110 cm³/mol. The molecule has 0 saturated carbocycles. The summed E-state index contributed by atoms with van der Waals surface area (Å²) in [6.45, 7) is -0.00835. The fourth-order valence-corrected chi connectivity index (χ4v) is 3.84. The van der Waals surface area contributed by atoms with Crippen molar-refractivity contribution in [2.75, 3.05) is 14.2 Å². The molecule has 2 aromatic carbocycles. The molecule has 3 rings (SSSR count). The molecule has 148 valence electrons. The van der Waals surface area contributed by atoms with E-state index in [1.165, 1.54) is 6.07 Å². The molecule has 0 fully saturated rings. The first-order valence-corrected chi connectivity index (χ1v) is 9.93. The van der Waals surface area contributed by atoms with Gasteiger partial charge in [0, 0.05) is 29.3 Å². The normalized spacial score (nSPS) is 11.9. The molecule has 0 spiro atoms. The Balaban J connectivity index is 1.84. The average molecular weight is 422 g/mol. The quantitative estimate of drug-likeness (QED) is 0.530. The lowest BCUT2D eigenvalue weighted by Crippen LogP contribution is -2.14. The van der Waals surface area contributed by atoms with Gasteiger partial charge in [0.05, 0.1) is 19.2 Å². The van der Waals surface area contributed by atoms with Crippen LogP contribution in [0, 0.1) is 5.82 Å². The number of thiophene rings is 1. The van der Waals surface area contributed by atoms with Crippen LogP contribution in [0.2, 0.25) is 5.02 Å². The van der Waals surface area contributed by atoms with E-state index < -0.39 is 5.82 Å². The lowest BCUT2D eigenvalue weighted by molar-refractivity contribution is 0.294. The van der Waals surface area contributed by atoms with Gasteiger partial charge in [0.25, 0.3) is 0 Å². The van der Waals surface area contributed by atoms with Crippen LogP contribution in [0.5, 0.6) is 17.2 Å². The van der Waals surface area contributed by atoms with E-state index in [-0.39, 0.29) is 12.6 Å². The second kappa shape index (κ2) is 9.28. The summed E-state index contributed by atoms with van der Waals surface area (Å²) in [4.78, 5) is 0. The van der Waals surface area contributed by atoms with Crippen LogP contribution in [0.3, 0.4) is 0 Å². The lowest BCUT2D eigenvalue weighted by atomic mass is 10.00. The van der Waals surface area contributed by atoms with Crippen LogP contribution in [0.1, 0.15) is 22.7 Å². The maximum Gasteiger partial charge on any atom is 0.131 e. The first-order valence-electron chi connectivity index (χ1n) is 8.61. The molecule has 0 bridgehead atoms. The van der Waals surface area contributed by atoms with Gasteiger partial charge in [0.1, 0.15) is 29.7 Å². The van der Waals surface area contributed by atoms with Crippen molar-refractivity contribution in [2.24, 2.45) is 5.73 Å². The second-order valence-electron chi connectivity index (χ2n) is 6.16. The van der Waals surface area contributed by atoms with Crippen LogP contribution in [0.15, 0.2) is 47.2 Å². The number of ether oxygens (including phenoxy) is 3. The molecule has 0 aliphatic rings. The van der Waals surface area contributed by atoms with Crippen molar-refractivity contribution in [3.8, 4) is 17.2 Å². The fourth-order valence-electron chi connectivity index (χ4n) is 2.89. The highest BCUT2D eigenvalue weighted by atomic mass is 35.5. The first-order chi connectivity index (χ1) is 13.5. The molecule has 1 aromatic heterocycles. The van der Waals surface area contributed by atoms with E-state index in [9.17, 15) is 4.39 Å². The zero-order chi connectivity index (χ0) is 20.1. The molecule has 0 radical (unpaired) electrons. The first kappa shape index (κ1) is 20.5. The topological polar surface area (TPSA) is 53.7 Å². The average Bonchev–Trinajstić information content (AvgIpc) is 3.23. The highest BCUT2D eigenvalue weighted by Gasteiger charge is 2.18. The molecular formula is C21H21ClFNO3S. The zero-order valence-corrected chi connectivity index (χ0v) is 17.1. The van der Waals surface area contributed by atoms with E-state index in [0.717, 1.165) is 11.1 Å². The van der Waals surface area contributed by atoms with Crippen LogP contribution < -0.4 is 19.9 Å². The molecule has 0 aliphatic heterocycles. The van der Waals surface area contributed by atoms with Gasteiger partial charge in [-0.3, -0.25) is 0 Å². The summed E-state index contributed by atoms with van der Waals surface area (Å²) >= 11 is 7.67. The molecule has 1 heterocycles. The fraction of sp³-hybridized carbons (Fsp3) is 0.238.